The van der Waals surface area contributed by atoms with Gasteiger partial charge in [0.15, 0.2) is 11.5 Å². The fraction of sp³-hybridized carbons (Fsp3) is 0.176. The molecular weight excluding hydrogens is 310 g/mol. The summed E-state index contributed by atoms with van der Waals surface area (Å²) in [6.45, 7) is 0. The Morgan fingerprint density at radius 1 is 1.04 bits per heavy atom. The predicted molar refractivity (Wildman–Crippen MR) is 90.1 cm³/mol. The highest BCUT2D eigenvalue weighted by Gasteiger charge is 2.26. The lowest BCUT2D eigenvalue weighted by atomic mass is 10.0. The Morgan fingerprint density at radius 2 is 1.71 bits per heavy atom. The van der Waals surface area contributed by atoms with Crippen molar-refractivity contribution in [1.82, 2.24) is 4.98 Å². The summed E-state index contributed by atoms with van der Waals surface area (Å²) in [7, 11) is 4.66. The number of carbonyl (C=O) groups is 1. The van der Waals surface area contributed by atoms with Crippen molar-refractivity contribution in [1.29, 1.82) is 0 Å². The third-order valence-electron chi connectivity index (χ3n) is 3.82. The number of carbonyl (C=O) groups excluding carboxylic acids is 1. The van der Waals surface area contributed by atoms with Gasteiger partial charge in [0.1, 0.15) is 5.82 Å². The van der Waals surface area contributed by atoms with Crippen LogP contribution in [0.1, 0.15) is 5.56 Å². The van der Waals surface area contributed by atoms with Crippen molar-refractivity contribution in [2.24, 2.45) is 5.73 Å². The van der Waals surface area contributed by atoms with Crippen LogP contribution in [-0.2, 0) is 4.79 Å². The molecule has 24 heavy (non-hydrogen) atoms. The molecule has 0 saturated heterocycles. The molecule has 1 aromatic heterocycles. The number of amides is 1. The Bertz CT molecular complexity index is 821. The Labute approximate surface area is 139 Å². The lowest BCUT2D eigenvalue weighted by Gasteiger charge is -2.14. The molecule has 0 atom stereocenters. The van der Waals surface area contributed by atoms with Crippen LogP contribution < -0.4 is 25.3 Å². The van der Waals surface area contributed by atoms with Crippen molar-refractivity contribution in [3.05, 3.63) is 36.2 Å². The normalized spacial score (nSPS) is 14.3. The highest BCUT2D eigenvalue weighted by molar-refractivity contribution is 6.31. The molecule has 0 unspecified atom stereocenters. The topological polar surface area (TPSA) is 95.7 Å². The van der Waals surface area contributed by atoms with Crippen molar-refractivity contribution in [2.75, 3.05) is 26.6 Å². The van der Waals surface area contributed by atoms with Crippen LogP contribution in [0.25, 0.3) is 16.7 Å². The Kier molecular flexibility index (Phi) is 3.99. The monoisotopic (exact) mass is 327 g/mol. The number of nitrogens with one attached hydrogen (secondary N) is 1. The molecule has 1 aliphatic heterocycles. The van der Waals surface area contributed by atoms with Gasteiger partial charge < -0.3 is 25.3 Å². The molecule has 2 heterocycles. The van der Waals surface area contributed by atoms with Crippen LogP contribution in [0, 0.1) is 0 Å². The van der Waals surface area contributed by atoms with E-state index in [2.05, 4.69) is 10.3 Å². The van der Waals surface area contributed by atoms with Gasteiger partial charge in [-0.15, -0.1) is 0 Å². The van der Waals surface area contributed by atoms with Crippen molar-refractivity contribution < 1.29 is 19.0 Å². The Balaban J connectivity index is 2.14. The first-order chi connectivity index (χ1) is 11.6. The molecule has 124 valence electrons. The van der Waals surface area contributed by atoms with Crippen LogP contribution in [0.2, 0.25) is 0 Å². The number of anilines is 1. The molecule has 3 rings (SSSR count). The largest absolute Gasteiger partial charge is 0.493 e. The second-order valence-corrected chi connectivity index (χ2v) is 5.07. The number of hydrogen-bond acceptors (Lipinski definition) is 6. The maximum atomic E-state index is 11.8. The third-order valence-corrected chi connectivity index (χ3v) is 3.82. The van der Waals surface area contributed by atoms with Gasteiger partial charge in [0.2, 0.25) is 5.75 Å². The van der Waals surface area contributed by atoms with E-state index in [4.69, 9.17) is 19.9 Å². The third kappa shape index (κ3) is 2.40. The minimum atomic E-state index is -0.262. The molecule has 3 N–H and O–H groups in total. The summed E-state index contributed by atoms with van der Waals surface area (Å²) < 4.78 is 16.1. The number of ether oxygens (including phenoxy) is 3. The summed E-state index contributed by atoms with van der Waals surface area (Å²) in [5.74, 6) is 1.82. The molecule has 1 aliphatic rings. The van der Waals surface area contributed by atoms with E-state index in [0.717, 1.165) is 11.1 Å². The highest BCUT2D eigenvalue weighted by atomic mass is 16.5. The van der Waals surface area contributed by atoms with Crippen LogP contribution >= 0.6 is 0 Å². The van der Waals surface area contributed by atoms with E-state index in [1.54, 1.807) is 27.5 Å². The molecule has 0 bridgehead atoms. The average Bonchev–Trinajstić information content (AvgIpc) is 2.94. The molecular formula is C17H17N3O4. The van der Waals surface area contributed by atoms with Gasteiger partial charge in [0.25, 0.3) is 5.91 Å². The minimum Gasteiger partial charge on any atom is -0.493 e. The number of hydrogen-bond donors (Lipinski definition) is 2. The van der Waals surface area contributed by atoms with Crippen molar-refractivity contribution in [3.8, 4) is 28.4 Å². The molecule has 2 aromatic rings. The van der Waals surface area contributed by atoms with Crippen LogP contribution in [0.4, 0.5) is 5.82 Å². The second-order valence-electron chi connectivity index (χ2n) is 5.07. The number of nitrogens with zero attached hydrogens (tertiary/aromatic N) is 1. The van der Waals surface area contributed by atoms with Gasteiger partial charge >= 0.3 is 0 Å². The Hall–Kier alpha value is -3.22. The number of pyridine rings is 1. The van der Waals surface area contributed by atoms with Crippen LogP contribution in [-0.4, -0.2) is 32.2 Å². The number of aromatic nitrogens is 1. The molecule has 0 aliphatic carbocycles. The van der Waals surface area contributed by atoms with Crippen molar-refractivity contribution in [3.63, 3.8) is 0 Å². The summed E-state index contributed by atoms with van der Waals surface area (Å²) in [4.78, 5) is 16.1. The molecule has 0 fully saturated rings. The summed E-state index contributed by atoms with van der Waals surface area (Å²) in [5.41, 5.74) is 8.22. The fourth-order valence-corrected chi connectivity index (χ4v) is 2.64. The Morgan fingerprint density at radius 3 is 2.25 bits per heavy atom. The van der Waals surface area contributed by atoms with Gasteiger partial charge in [-0.05, 0) is 23.8 Å². The first-order valence-corrected chi connectivity index (χ1v) is 7.17. The minimum absolute atomic E-state index is 0.262. The number of methoxy groups -OCH3 is 3. The average molecular weight is 327 g/mol. The highest BCUT2D eigenvalue weighted by Crippen LogP contribution is 2.42. The summed E-state index contributed by atoms with van der Waals surface area (Å²) in [6.07, 6.45) is 2.95. The van der Waals surface area contributed by atoms with Crippen molar-refractivity contribution >= 4 is 17.3 Å². The van der Waals surface area contributed by atoms with E-state index in [1.165, 1.54) is 6.20 Å². The van der Waals surface area contributed by atoms with E-state index >= 15 is 0 Å². The van der Waals surface area contributed by atoms with Crippen LogP contribution in [0.3, 0.4) is 0 Å². The quantitative estimate of drug-likeness (QED) is 0.834. The lowest BCUT2D eigenvalue weighted by Crippen LogP contribution is -2.05. The smallest absolute Gasteiger partial charge is 0.259 e. The lowest BCUT2D eigenvalue weighted by molar-refractivity contribution is -0.110. The van der Waals surface area contributed by atoms with Crippen LogP contribution in [0.15, 0.2) is 30.6 Å². The zero-order chi connectivity index (χ0) is 17.3. The summed E-state index contributed by atoms with van der Waals surface area (Å²) in [5, 5.41) is 2.67. The molecule has 7 nitrogen and oxygen atoms in total. The molecule has 0 spiro atoms. The van der Waals surface area contributed by atoms with Gasteiger partial charge in [-0.3, -0.25) is 4.79 Å². The number of benzene rings is 1. The first-order valence-electron chi connectivity index (χ1n) is 7.17. The zero-order valence-corrected chi connectivity index (χ0v) is 13.5. The van der Waals surface area contributed by atoms with Gasteiger partial charge in [0.05, 0.1) is 26.9 Å². The SMILES string of the molecule is COc1cc(-c2cnc3c(c2)/C(=C\N)C(=O)N3)cc(OC)c1OC. The standard InChI is InChI=1S/C17H17N3O4/c1-22-13-5-9(6-14(23-2)15(13)24-3)10-4-11-12(7-18)17(21)20-16(11)19-8-10/h4-8H,18H2,1-3H3,(H,19,20,21)/b12-7+. The molecule has 1 aromatic carbocycles. The van der Waals surface area contributed by atoms with E-state index in [-0.39, 0.29) is 5.91 Å². The van der Waals surface area contributed by atoms with E-state index in [0.29, 0.717) is 34.2 Å². The molecule has 0 radical (unpaired) electrons. The molecule has 1 amide bonds. The number of fused-ring (bicyclic) bond motifs is 1. The van der Waals surface area contributed by atoms with Crippen LogP contribution in [0.5, 0.6) is 17.2 Å². The van der Waals surface area contributed by atoms with E-state index in [1.807, 2.05) is 18.2 Å². The van der Waals surface area contributed by atoms with E-state index < -0.39 is 0 Å². The molecule has 0 saturated carbocycles. The van der Waals surface area contributed by atoms with Gasteiger partial charge in [0, 0.05) is 23.5 Å². The summed E-state index contributed by atoms with van der Waals surface area (Å²) in [6, 6.07) is 5.49. The maximum Gasteiger partial charge on any atom is 0.259 e. The van der Waals surface area contributed by atoms with E-state index in [9.17, 15) is 4.79 Å². The number of rotatable bonds is 4. The van der Waals surface area contributed by atoms with Gasteiger partial charge in [-0.25, -0.2) is 4.98 Å². The summed E-state index contributed by atoms with van der Waals surface area (Å²) >= 11 is 0. The van der Waals surface area contributed by atoms with Gasteiger partial charge in [-0.1, -0.05) is 0 Å². The van der Waals surface area contributed by atoms with Crippen molar-refractivity contribution in [2.45, 2.75) is 0 Å². The fourth-order valence-electron chi connectivity index (χ4n) is 2.64. The second kappa shape index (κ2) is 6.11. The first kappa shape index (κ1) is 15.7. The maximum absolute atomic E-state index is 11.8. The number of nitrogens with two attached hydrogens (primary N) is 1. The zero-order valence-electron chi connectivity index (χ0n) is 13.5. The predicted octanol–water partition coefficient (Wildman–Crippen LogP) is 2.03. The van der Waals surface area contributed by atoms with Gasteiger partial charge in [-0.2, -0.15) is 0 Å². The molecule has 7 heteroatoms.